The van der Waals surface area contributed by atoms with Crippen LogP contribution >= 0.6 is 0 Å². The standard InChI is InChI=1S/C21H24N2O3/c1-25-17-12-10-16(11-13-17)18-7-3-2-6-14-22(18)15-23-19-8-4-5-9-20(19)26-21(23)24/h4-5,8-13,18H,2-3,6-7,14-15H2,1H3/t18-/m1/s1. The largest absolute Gasteiger partial charge is 0.497 e. The van der Waals surface area contributed by atoms with Crippen molar-refractivity contribution >= 4 is 11.1 Å². The molecule has 1 aliphatic heterocycles. The van der Waals surface area contributed by atoms with Gasteiger partial charge in [-0.2, -0.15) is 0 Å². The summed E-state index contributed by atoms with van der Waals surface area (Å²) in [5.74, 6) is 0.579. The summed E-state index contributed by atoms with van der Waals surface area (Å²) in [6, 6.07) is 16.2. The first-order valence-electron chi connectivity index (χ1n) is 9.22. The van der Waals surface area contributed by atoms with E-state index in [1.54, 1.807) is 11.7 Å². The van der Waals surface area contributed by atoms with E-state index in [0.717, 1.165) is 30.7 Å². The summed E-state index contributed by atoms with van der Waals surface area (Å²) in [7, 11) is 1.68. The van der Waals surface area contributed by atoms with E-state index in [0.29, 0.717) is 18.3 Å². The topological polar surface area (TPSA) is 47.6 Å². The van der Waals surface area contributed by atoms with E-state index in [1.807, 2.05) is 36.4 Å². The molecular weight excluding hydrogens is 328 g/mol. The van der Waals surface area contributed by atoms with Gasteiger partial charge in [0.25, 0.3) is 0 Å². The Balaban J connectivity index is 1.66. The molecule has 2 heterocycles. The molecule has 1 aromatic heterocycles. The van der Waals surface area contributed by atoms with Gasteiger partial charge in [0.2, 0.25) is 0 Å². The maximum absolute atomic E-state index is 12.4. The Kier molecular flexibility index (Phi) is 4.80. The monoisotopic (exact) mass is 352 g/mol. The molecule has 5 nitrogen and oxygen atoms in total. The molecule has 0 saturated carbocycles. The van der Waals surface area contributed by atoms with Crippen LogP contribution in [0.3, 0.4) is 0 Å². The minimum absolute atomic E-state index is 0.288. The molecule has 4 rings (SSSR count). The fourth-order valence-electron chi connectivity index (χ4n) is 3.87. The number of fused-ring (bicyclic) bond motifs is 1. The molecule has 0 unspecified atom stereocenters. The number of ether oxygens (including phenoxy) is 1. The van der Waals surface area contributed by atoms with Crippen molar-refractivity contribution in [2.75, 3.05) is 13.7 Å². The lowest BCUT2D eigenvalue weighted by atomic mass is 10.0. The number of oxazole rings is 1. The number of hydrogen-bond donors (Lipinski definition) is 0. The highest BCUT2D eigenvalue weighted by Crippen LogP contribution is 2.31. The molecule has 3 aromatic rings. The summed E-state index contributed by atoms with van der Waals surface area (Å²) in [6.45, 7) is 1.52. The van der Waals surface area contributed by atoms with Gasteiger partial charge >= 0.3 is 5.76 Å². The third-order valence-electron chi connectivity index (χ3n) is 5.26. The summed E-state index contributed by atoms with van der Waals surface area (Å²) in [5, 5.41) is 0. The van der Waals surface area contributed by atoms with Crippen LogP contribution in [0.4, 0.5) is 0 Å². The smallest absolute Gasteiger partial charge is 0.421 e. The van der Waals surface area contributed by atoms with E-state index < -0.39 is 0 Å². The Morgan fingerprint density at radius 1 is 1.08 bits per heavy atom. The lowest BCUT2D eigenvalue weighted by Gasteiger charge is -2.30. The number of para-hydroxylation sites is 2. The fraction of sp³-hybridized carbons (Fsp3) is 0.381. The first-order valence-corrected chi connectivity index (χ1v) is 9.22. The Labute approximate surface area is 152 Å². The number of aromatic nitrogens is 1. The van der Waals surface area contributed by atoms with Crippen LogP contribution in [0, 0.1) is 0 Å². The molecule has 136 valence electrons. The van der Waals surface area contributed by atoms with Gasteiger partial charge in [0.1, 0.15) is 5.75 Å². The second kappa shape index (κ2) is 7.38. The van der Waals surface area contributed by atoms with Crippen molar-refractivity contribution < 1.29 is 9.15 Å². The fourth-order valence-corrected chi connectivity index (χ4v) is 3.87. The third kappa shape index (κ3) is 3.27. The van der Waals surface area contributed by atoms with Crippen molar-refractivity contribution in [2.45, 2.75) is 38.4 Å². The second-order valence-electron chi connectivity index (χ2n) is 6.86. The number of methoxy groups -OCH3 is 1. The average molecular weight is 352 g/mol. The molecule has 0 N–H and O–H groups in total. The molecule has 0 bridgehead atoms. The molecule has 26 heavy (non-hydrogen) atoms. The van der Waals surface area contributed by atoms with Crippen molar-refractivity contribution in [2.24, 2.45) is 0 Å². The molecule has 1 atom stereocenters. The van der Waals surface area contributed by atoms with E-state index in [4.69, 9.17) is 9.15 Å². The summed E-state index contributed by atoms with van der Waals surface area (Å²) < 4.78 is 12.4. The van der Waals surface area contributed by atoms with Gasteiger partial charge in [0.15, 0.2) is 5.58 Å². The quantitative estimate of drug-likeness (QED) is 0.707. The molecule has 5 heteroatoms. The summed E-state index contributed by atoms with van der Waals surface area (Å²) in [4.78, 5) is 14.8. The molecule has 0 aliphatic carbocycles. The van der Waals surface area contributed by atoms with Crippen LogP contribution < -0.4 is 10.5 Å². The zero-order valence-corrected chi connectivity index (χ0v) is 15.1. The van der Waals surface area contributed by atoms with Crippen molar-refractivity contribution in [3.8, 4) is 5.75 Å². The van der Waals surface area contributed by atoms with E-state index in [-0.39, 0.29) is 5.76 Å². The Morgan fingerprint density at radius 3 is 2.69 bits per heavy atom. The van der Waals surface area contributed by atoms with E-state index in [2.05, 4.69) is 17.0 Å². The zero-order chi connectivity index (χ0) is 17.9. The van der Waals surface area contributed by atoms with Crippen molar-refractivity contribution in [1.29, 1.82) is 0 Å². The van der Waals surface area contributed by atoms with Gasteiger partial charge < -0.3 is 9.15 Å². The number of rotatable bonds is 4. The van der Waals surface area contributed by atoms with Gasteiger partial charge in [0, 0.05) is 12.6 Å². The molecule has 2 aromatic carbocycles. The molecular formula is C21H24N2O3. The predicted molar refractivity (Wildman–Crippen MR) is 101 cm³/mol. The van der Waals surface area contributed by atoms with Gasteiger partial charge in [-0.3, -0.25) is 9.47 Å². The van der Waals surface area contributed by atoms with Gasteiger partial charge in [-0.25, -0.2) is 4.79 Å². The molecule has 0 amide bonds. The molecule has 1 fully saturated rings. The average Bonchev–Trinajstić information content (AvgIpc) is 2.83. The number of benzene rings is 2. The van der Waals surface area contributed by atoms with Crippen molar-refractivity contribution in [1.82, 2.24) is 9.47 Å². The van der Waals surface area contributed by atoms with E-state index in [1.165, 1.54) is 18.4 Å². The maximum atomic E-state index is 12.4. The van der Waals surface area contributed by atoms with Gasteiger partial charge in [-0.05, 0) is 42.7 Å². The zero-order valence-electron chi connectivity index (χ0n) is 15.1. The SMILES string of the molecule is COc1ccc([C@H]2CCCCCN2Cn2c(=O)oc3ccccc32)cc1. The number of nitrogens with zero attached hydrogens (tertiary/aromatic N) is 2. The molecule has 1 aliphatic rings. The number of hydrogen-bond acceptors (Lipinski definition) is 4. The first kappa shape index (κ1) is 16.9. The van der Waals surface area contributed by atoms with Crippen LogP contribution in [0.25, 0.3) is 11.1 Å². The highest BCUT2D eigenvalue weighted by atomic mass is 16.5. The lowest BCUT2D eigenvalue weighted by molar-refractivity contribution is 0.152. The van der Waals surface area contributed by atoms with Crippen molar-refractivity contribution in [3.05, 3.63) is 64.6 Å². The first-order chi connectivity index (χ1) is 12.8. The van der Waals surface area contributed by atoms with Gasteiger partial charge in [-0.1, -0.05) is 37.1 Å². The molecule has 0 radical (unpaired) electrons. The highest BCUT2D eigenvalue weighted by molar-refractivity contribution is 5.72. The molecule has 0 spiro atoms. The molecule has 1 saturated heterocycles. The minimum Gasteiger partial charge on any atom is -0.497 e. The number of likely N-dealkylation sites (tertiary alicyclic amines) is 1. The Bertz CT molecular complexity index is 926. The maximum Gasteiger partial charge on any atom is 0.421 e. The summed E-state index contributed by atoms with van der Waals surface area (Å²) in [5.41, 5.74) is 2.78. The van der Waals surface area contributed by atoms with E-state index >= 15 is 0 Å². The van der Waals surface area contributed by atoms with E-state index in [9.17, 15) is 4.79 Å². The lowest BCUT2D eigenvalue weighted by Crippen LogP contribution is -2.33. The second-order valence-corrected chi connectivity index (χ2v) is 6.86. The summed E-state index contributed by atoms with van der Waals surface area (Å²) >= 11 is 0. The van der Waals surface area contributed by atoms with Crippen LogP contribution in [-0.2, 0) is 6.67 Å². The Morgan fingerprint density at radius 2 is 1.88 bits per heavy atom. The van der Waals surface area contributed by atoms with Crippen LogP contribution in [0.1, 0.15) is 37.3 Å². The van der Waals surface area contributed by atoms with Crippen LogP contribution in [0.2, 0.25) is 0 Å². The third-order valence-corrected chi connectivity index (χ3v) is 5.26. The van der Waals surface area contributed by atoms with Crippen LogP contribution in [0.5, 0.6) is 5.75 Å². The summed E-state index contributed by atoms with van der Waals surface area (Å²) in [6.07, 6.45) is 4.67. The van der Waals surface area contributed by atoms with Gasteiger partial charge in [-0.15, -0.1) is 0 Å². The predicted octanol–water partition coefficient (Wildman–Crippen LogP) is 4.18. The van der Waals surface area contributed by atoms with Crippen LogP contribution in [0.15, 0.2) is 57.7 Å². The van der Waals surface area contributed by atoms with Gasteiger partial charge in [0.05, 0.1) is 19.3 Å². The highest BCUT2D eigenvalue weighted by Gasteiger charge is 2.24. The minimum atomic E-state index is -0.288. The van der Waals surface area contributed by atoms with Crippen molar-refractivity contribution in [3.63, 3.8) is 0 Å². The normalized spacial score (nSPS) is 18.7. The Hall–Kier alpha value is -2.53. The van der Waals surface area contributed by atoms with Crippen LogP contribution in [-0.4, -0.2) is 23.1 Å².